The highest BCUT2D eigenvalue weighted by molar-refractivity contribution is 5.85. The van der Waals surface area contributed by atoms with Gasteiger partial charge in [0.25, 0.3) is 0 Å². The lowest BCUT2D eigenvalue weighted by atomic mass is 9.89. The number of hydrogen-bond donors (Lipinski definition) is 0. The number of likely N-dealkylation sites (tertiary alicyclic amines) is 1. The zero-order valence-electron chi connectivity index (χ0n) is 13.3. The third-order valence-corrected chi connectivity index (χ3v) is 4.33. The Hall–Kier alpha value is -1.75. The number of fused-ring (bicyclic) bond motifs is 1. The number of nitrogens with zero attached hydrogens (tertiary/aromatic N) is 5. The fourth-order valence-electron chi connectivity index (χ4n) is 3.35. The molecule has 3 rings (SSSR count). The maximum atomic E-state index is 4.63. The van der Waals surface area contributed by atoms with E-state index in [1.807, 2.05) is 19.1 Å². The summed E-state index contributed by atoms with van der Waals surface area (Å²) in [5.74, 6) is 0.930. The molecule has 0 N–H and O–H groups in total. The molecule has 2 aromatic heterocycles. The van der Waals surface area contributed by atoms with Crippen LogP contribution in [0, 0.1) is 12.3 Å². The average Bonchev–Trinajstić information content (AvgIpc) is 2.77. The first kappa shape index (κ1) is 14.2. The van der Waals surface area contributed by atoms with Gasteiger partial charge in [0, 0.05) is 25.8 Å². The number of anilines is 1. The first-order valence-electron chi connectivity index (χ1n) is 7.45. The van der Waals surface area contributed by atoms with Gasteiger partial charge in [-0.3, -0.25) is 0 Å². The van der Waals surface area contributed by atoms with Crippen LogP contribution in [0.2, 0.25) is 0 Å². The highest BCUT2D eigenvalue weighted by Crippen LogP contribution is 2.31. The molecule has 0 saturated carbocycles. The highest BCUT2D eigenvalue weighted by atomic mass is 15.2. The molecule has 0 aromatic carbocycles. The van der Waals surface area contributed by atoms with Gasteiger partial charge in [-0.1, -0.05) is 6.92 Å². The van der Waals surface area contributed by atoms with Gasteiger partial charge in [-0.25, -0.2) is 15.0 Å². The lowest BCUT2D eigenvalue weighted by molar-refractivity contribution is 0.314. The van der Waals surface area contributed by atoms with E-state index in [1.54, 1.807) is 6.33 Å². The molecule has 1 aliphatic rings. The molecule has 0 radical (unpaired) electrons. The predicted molar refractivity (Wildman–Crippen MR) is 85.6 cm³/mol. The zero-order chi connectivity index (χ0) is 15.0. The minimum absolute atomic E-state index is 0.310. The molecule has 1 atom stereocenters. The topological polar surface area (TPSA) is 45.2 Å². The Morgan fingerprint density at radius 1 is 1.33 bits per heavy atom. The summed E-state index contributed by atoms with van der Waals surface area (Å²) in [6, 6.07) is 4.01. The van der Waals surface area contributed by atoms with Crippen LogP contribution >= 0.6 is 0 Å². The van der Waals surface area contributed by atoms with Crippen LogP contribution in [0.4, 0.5) is 5.82 Å². The molecular formula is C16H23N5. The van der Waals surface area contributed by atoms with E-state index < -0.39 is 0 Å². The van der Waals surface area contributed by atoms with Crippen LogP contribution in [-0.4, -0.2) is 53.6 Å². The Labute approximate surface area is 126 Å². The summed E-state index contributed by atoms with van der Waals surface area (Å²) in [4.78, 5) is 18.1. The van der Waals surface area contributed by atoms with Gasteiger partial charge in [0.2, 0.25) is 0 Å². The molecule has 21 heavy (non-hydrogen) atoms. The third-order valence-electron chi connectivity index (χ3n) is 4.33. The maximum absolute atomic E-state index is 4.63. The van der Waals surface area contributed by atoms with Crippen LogP contribution < -0.4 is 4.90 Å². The second kappa shape index (κ2) is 5.22. The minimum atomic E-state index is 0.310. The van der Waals surface area contributed by atoms with Gasteiger partial charge in [0.05, 0.1) is 5.52 Å². The third kappa shape index (κ3) is 2.83. The van der Waals surface area contributed by atoms with Crippen LogP contribution in [0.1, 0.15) is 19.0 Å². The number of aryl methyl sites for hydroxylation is 1. The van der Waals surface area contributed by atoms with Gasteiger partial charge in [-0.05, 0) is 44.5 Å². The second-order valence-electron chi connectivity index (χ2n) is 6.67. The van der Waals surface area contributed by atoms with E-state index in [0.29, 0.717) is 5.41 Å². The molecular weight excluding hydrogens is 262 g/mol. The Bertz CT molecular complexity index is 656. The number of hydrogen-bond acceptors (Lipinski definition) is 5. The van der Waals surface area contributed by atoms with E-state index in [2.05, 4.69) is 45.8 Å². The quantitative estimate of drug-likeness (QED) is 0.864. The molecule has 1 aliphatic heterocycles. The molecule has 0 aliphatic carbocycles. The molecule has 1 saturated heterocycles. The average molecular weight is 285 g/mol. The Balaban J connectivity index is 1.91. The normalized spacial score (nSPS) is 22.9. The van der Waals surface area contributed by atoms with Crippen LogP contribution in [-0.2, 0) is 0 Å². The lowest BCUT2D eigenvalue weighted by Crippen LogP contribution is -2.36. The van der Waals surface area contributed by atoms with E-state index in [4.69, 9.17) is 0 Å². The van der Waals surface area contributed by atoms with E-state index in [-0.39, 0.29) is 0 Å². The van der Waals surface area contributed by atoms with Crippen LogP contribution in [0.25, 0.3) is 11.0 Å². The lowest BCUT2D eigenvalue weighted by Gasteiger charge is -2.30. The SMILES string of the molecule is Cc1ccc2ncnc(N(C)CC3(C)CCN(C)C3)c2n1. The van der Waals surface area contributed by atoms with Gasteiger partial charge in [-0.15, -0.1) is 0 Å². The molecule has 2 aromatic rings. The standard InChI is InChI=1S/C16H23N5/c1-12-5-6-13-14(19-12)15(18-11-17-13)21(4)10-16(2)7-8-20(3)9-16/h5-6,11H,7-10H2,1-4H3. The molecule has 5 nitrogen and oxygen atoms in total. The van der Waals surface area contributed by atoms with Crippen molar-refractivity contribution in [3.63, 3.8) is 0 Å². The van der Waals surface area contributed by atoms with E-state index in [1.165, 1.54) is 13.0 Å². The highest BCUT2D eigenvalue weighted by Gasteiger charge is 2.33. The molecule has 0 amide bonds. The smallest absolute Gasteiger partial charge is 0.158 e. The summed E-state index contributed by atoms with van der Waals surface area (Å²) in [7, 11) is 4.30. The summed E-state index contributed by atoms with van der Waals surface area (Å²) in [6.45, 7) is 7.65. The molecule has 112 valence electrons. The minimum Gasteiger partial charge on any atom is -0.357 e. The van der Waals surface area contributed by atoms with Crippen molar-refractivity contribution >= 4 is 16.9 Å². The zero-order valence-corrected chi connectivity index (χ0v) is 13.3. The summed E-state index contributed by atoms with van der Waals surface area (Å²) < 4.78 is 0. The molecule has 5 heteroatoms. The van der Waals surface area contributed by atoms with Gasteiger partial charge < -0.3 is 9.80 Å². The molecule has 1 fully saturated rings. The van der Waals surface area contributed by atoms with Gasteiger partial charge in [0.1, 0.15) is 11.8 Å². The number of pyridine rings is 1. The molecule has 0 bridgehead atoms. The van der Waals surface area contributed by atoms with Crippen molar-refractivity contribution in [3.05, 3.63) is 24.2 Å². The maximum Gasteiger partial charge on any atom is 0.158 e. The van der Waals surface area contributed by atoms with Gasteiger partial charge in [0.15, 0.2) is 5.82 Å². The van der Waals surface area contributed by atoms with Crippen molar-refractivity contribution in [1.82, 2.24) is 19.9 Å². The summed E-state index contributed by atoms with van der Waals surface area (Å²) in [6.07, 6.45) is 2.86. The first-order valence-corrected chi connectivity index (χ1v) is 7.45. The molecule has 3 heterocycles. The Morgan fingerprint density at radius 2 is 2.14 bits per heavy atom. The van der Waals surface area contributed by atoms with Crippen LogP contribution in [0.3, 0.4) is 0 Å². The van der Waals surface area contributed by atoms with Crippen molar-refractivity contribution in [2.75, 3.05) is 38.6 Å². The predicted octanol–water partition coefficient (Wildman–Crippen LogP) is 2.11. The summed E-state index contributed by atoms with van der Waals surface area (Å²) in [5, 5.41) is 0. The van der Waals surface area contributed by atoms with Gasteiger partial charge in [-0.2, -0.15) is 0 Å². The monoisotopic (exact) mass is 285 g/mol. The van der Waals surface area contributed by atoms with Crippen molar-refractivity contribution in [3.8, 4) is 0 Å². The van der Waals surface area contributed by atoms with Crippen LogP contribution in [0.15, 0.2) is 18.5 Å². The molecule has 1 unspecified atom stereocenters. The van der Waals surface area contributed by atoms with Crippen LogP contribution in [0.5, 0.6) is 0 Å². The fourth-order valence-corrected chi connectivity index (χ4v) is 3.35. The Kier molecular flexibility index (Phi) is 3.53. The van der Waals surface area contributed by atoms with Crippen molar-refractivity contribution < 1.29 is 0 Å². The van der Waals surface area contributed by atoms with Crippen molar-refractivity contribution in [2.45, 2.75) is 20.3 Å². The molecule has 0 spiro atoms. The van der Waals surface area contributed by atoms with E-state index in [0.717, 1.165) is 35.6 Å². The Morgan fingerprint density at radius 3 is 2.86 bits per heavy atom. The van der Waals surface area contributed by atoms with E-state index >= 15 is 0 Å². The largest absolute Gasteiger partial charge is 0.357 e. The van der Waals surface area contributed by atoms with Crippen molar-refractivity contribution in [2.24, 2.45) is 5.41 Å². The summed E-state index contributed by atoms with van der Waals surface area (Å²) in [5.41, 5.74) is 3.12. The number of aromatic nitrogens is 3. The van der Waals surface area contributed by atoms with Crippen molar-refractivity contribution in [1.29, 1.82) is 0 Å². The first-order chi connectivity index (χ1) is 9.97. The van der Waals surface area contributed by atoms with Gasteiger partial charge >= 0.3 is 0 Å². The second-order valence-corrected chi connectivity index (χ2v) is 6.67. The fraction of sp³-hybridized carbons (Fsp3) is 0.562. The summed E-state index contributed by atoms with van der Waals surface area (Å²) >= 11 is 0. The van der Waals surface area contributed by atoms with E-state index in [9.17, 15) is 0 Å². The number of rotatable bonds is 3.